The summed E-state index contributed by atoms with van der Waals surface area (Å²) in [6, 6.07) is 4.81. The van der Waals surface area contributed by atoms with Crippen molar-refractivity contribution < 1.29 is 0 Å². The van der Waals surface area contributed by atoms with Gasteiger partial charge in [0.25, 0.3) is 0 Å². The molecule has 0 saturated carbocycles. The van der Waals surface area contributed by atoms with Crippen molar-refractivity contribution in [3.05, 3.63) is 36.2 Å². The van der Waals surface area contributed by atoms with Gasteiger partial charge in [0, 0.05) is 18.4 Å². The molecule has 15 heavy (non-hydrogen) atoms. The predicted molar refractivity (Wildman–Crippen MR) is 63.5 cm³/mol. The normalized spacial score (nSPS) is 22.6. The highest BCUT2D eigenvalue weighted by molar-refractivity contribution is 5.47. The Balaban J connectivity index is 1.85. The SMILES string of the molecule is CN1CCC[C@@H]1C/C=C/c1cccnc1. The maximum Gasteiger partial charge on any atom is 0.0340 e. The molecule has 80 valence electrons. The van der Waals surface area contributed by atoms with Crippen LogP contribution < -0.4 is 0 Å². The van der Waals surface area contributed by atoms with E-state index in [-0.39, 0.29) is 0 Å². The summed E-state index contributed by atoms with van der Waals surface area (Å²) >= 11 is 0. The molecule has 0 radical (unpaired) electrons. The van der Waals surface area contributed by atoms with E-state index in [2.05, 4.69) is 35.1 Å². The summed E-state index contributed by atoms with van der Waals surface area (Å²) in [4.78, 5) is 6.54. The lowest BCUT2D eigenvalue weighted by Gasteiger charge is -2.16. The number of likely N-dealkylation sites (tertiary alicyclic amines) is 1. The van der Waals surface area contributed by atoms with E-state index in [1.54, 1.807) is 0 Å². The molecule has 2 rings (SSSR count). The number of nitrogens with zero attached hydrogens (tertiary/aromatic N) is 2. The lowest BCUT2D eigenvalue weighted by Crippen LogP contribution is -2.23. The van der Waals surface area contributed by atoms with Gasteiger partial charge in [0.1, 0.15) is 0 Å². The molecule has 2 heteroatoms. The fourth-order valence-corrected chi connectivity index (χ4v) is 2.11. The second kappa shape index (κ2) is 5.08. The van der Waals surface area contributed by atoms with Crippen LogP contribution in [0.25, 0.3) is 6.08 Å². The molecule has 0 spiro atoms. The fourth-order valence-electron chi connectivity index (χ4n) is 2.11. The molecular weight excluding hydrogens is 184 g/mol. The second-order valence-electron chi connectivity index (χ2n) is 4.20. The molecule has 1 atom stereocenters. The first kappa shape index (κ1) is 10.4. The molecule has 1 fully saturated rings. The van der Waals surface area contributed by atoms with Gasteiger partial charge in [0.05, 0.1) is 0 Å². The van der Waals surface area contributed by atoms with Gasteiger partial charge in [-0.3, -0.25) is 4.98 Å². The maximum absolute atomic E-state index is 4.09. The summed E-state index contributed by atoms with van der Waals surface area (Å²) < 4.78 is 0. The van der Waals surface area contributed by atoms with E-state index < -0.39 is 0 Å². The Hall–Kier alpha value is -1.15. The van der Waals surface area contributed by atoms with Crippen LogP contribution in [0.4, 0.5) is 0 Å². The minimum atomic E-state index is 0.748. The van der Waals surface area contributed by atoms with Gasteiger partial charge in [0.2, 0.25) is 0 Å². The summed E-state index contributed by atoms with van der Waals surface area (Å²) in [7, 11) is 2.22. The Morgan fingerprint density at radius 2 is 2.53 bits per heavy atom. The highest BCUT2D eigenvalue weighted by atomic mass is 15.1. The molecule has 1 aliphatic rings. The van der Waals surface area contributed by atoms with Crippen LogP contribution in [0, 0.1) is 0 Å². The van der Waals surface area contributed by atoms with Gasteiger partial charge in [-0.1, -0.05) is 18.2 Å². The number of hydrogen-bond acceptors (Lipinski definition) is 2. The van der Waals surface area contributed by atoms with E-state index >= 15 is 0 Å². The lowest BCUT2D eigenvalue weighted by atomic mass is 10.1. The Morgan fingerprint density at radius 1 is 1.60 bits per heavy atom. The standard InChI is InChI=1S/C13H18N2/c1-15-10-4-8-13(15)7-2-5-12-6-3-9-14-11-12/h2-3,5-6,9,11,13H,4,7-8,10H2,1H3/b5-2+/t13-/m0/s1. The average molecular weight is 202 g/mol. The van der Waals surface area contributed by atoms with Gasteiger partial charge in [-0.15, -0.1) is 0 Å². The molecule has 1 aromatic rings. The molecule has 0 aromatic carbocycles. The number of aromatic nitrogens is 1. The molecule has 1 aliphatic heterocycles. The Labute approximate surface area is 91.6 Å². The van der Waals surface area contributed by atoms with Gasteiger partial charge in [-0.2, -0.15) is 0 Å². The van der Waals surface area contributed by atoms with Gasteiger partial charge >= 0.3 is 0 Å². The first-order valence-corrected chi connectivity index (χ1v) is 5.63. The van der Waals surface area contributed by atoms with Crippen LogP contribution in [-0.4, -0.2) is 29.5 Å². The molecule has 1 aromatic heterocycles. The van der Waals surface area contributed by atoms with E-state index in [9.17, 15) is 0 Å². The van der Waals surface area contributed by atoms with Crippen molar-refractivity contribution in [1.29, 1.82) is 0 Å². The third-order valence-corrected chi connectivity index (χ3v) is 3.07. The third kappa shape index (κ3) is 2.90. The molecule has 1 saturated heterocycles. The van der Waals surface area contributed by atoms with Crippen LogP contribution >= 0.6 is 0 Å². The summed E-state index contributed by atoms with van der Waals surface area (Å²) in [6.07, 6.45) is 12.0. The zero-order valence-corrected chi connectivity index (χ0v) is 9.26. The molecule has 0 amide bonds. The van der Waals surface area contributed by atoms with E-state index in [0.29, 0.717) is 0 Å². The van der Waals surface area contributed by atoms with Crippen LogP contribution in [0.3, 0.4) is 0 Å². The van der Waals surface area contributed by atoms with Crippen LogP contribution in [0.15, 0.2) is 30.6 Å². The summed E-state index contributed by atoms with van der Waals surface area (Å²) in [5, 5.41) is 0. The van der Waals surface area contributed by atoms with Crippen molar-refractivity contribution in [1.82, 2.24) is 9.88 Å². The monoisotopic (exact) mass is 202 g/mol. The summed E-state index contributed by atoms with van der Waals surface area (Å²) in [6.45, 7) is 1.26. The molecule has 0 bridgehead atoms. The number of pyridine rings is 1. The van der Waals surface area contributed by atoms with Gasteiger partial charge in [0.15, 0.2) is 0 Å². The smallest absolute Gasteiger partial charge is 0.0340 e. The highest BCUT2D eigenvalue weighted by Crippen LogP contribution is 2.18. The average Bonchev–Trinajstić information content (AvgIpc) is 2.66. The summed E-state index contributed by atoms with van der Waals surface area (Å²) in [5.74, 6) is 0. The third-order valence-electron chi connectivity index (χ3n) is 3.07. The van der Waals surface area contributed by atoms with Crippen LogP contribution in [0.1, 0.15) is 24.8 Å². The maximum atomic E-state index is 4.09. The first-order valence-electron chi connectivity index (χ1n) is 5.63. The minimum absolute atomic E-state index is 0.748. The van der Waals surface area contributed by atoms with Gasteiger partial charge in [-0.05, 0) is 44.5 Å². The topological polar surface area (TPSA) is 16.1 Å². The molecular formula is C13H18N2. The summed E-state index contributed by atoms with van der Waals surface area (Å²) in [5.41, 5.74) is 1.19. The largest absolute Gasteiger partial charge is 0.303 e. The van der Waals surface area contributed by atoms with Crippen LogP contribution in [0.5, 0.6) is 0 Å². The predicted octanol–water partition coefficient (Wildman–Crippen LogP) is 2.58. The molecule has 0 unspecified atom stereocenters. The Kier molecular flexibility index (Phi) is 3.51. The van der Waals surface area contributed by atoms with Crippen molar-refractivity contribution in [2.75, 3.05) is 13.6 Å². The first-order chi connectivity index (χ1) is 7.36. The van der Waals surface area contributed by atoms with Crippen molar-refractivity contribution in [3.63, 3.8) is 0 Å². The molecule has 0 aliphatic carbocycles. The Morgan fingerprint density at radius 3 is 3.20 bits per heavy atom. The van der Waals surface area contributed by atoms with Crippen molar-refractivity contribution in [2.45, 2.75) is 25.3 Å². The zero-order chi connectivity index (χ0) is 10.5. The number of hydrogen-bond donors (Lipinski definition) is 0. The van der Waals surface area contributed by atoms with Gasteiger partial charge in [-0.25, -0.2) is 0 Å². The van der Waals surface area contributed by atoms with E-state index in [0.717, 1.165) is 12.5 Å². The van der Waals surface area contributed by atoms with Crippen molar-refractivity contribution >= 4 is 6.08 Å². The van der Waals surface area contributed by atoms with Crippen molar-refractivity contribution in [2.24, 2.45) is 0 Å². The lowest BCUT2D eigenvalue weighted by molar-refractivity contribution is 0.313. The molecule has 2 heterocycles. The quantitative estimate of drug-likeness (QED) is 0.749. The van der Waals surface area contributed by atoms with Gasteiger partial charge < -0.3 is 4.90 Å². The van der Waals surface area contributed by atoms with Crippen molar-refractivity contribution in [3.8, 4) is 0 Å². The zero-order valence-electron chi connectivity index (χ0n) is 9.26. The van der Waals surface area contributed by atoms with E-state index in [1.165, 1.54) is 24.9 Å². The molecule has 0 N–H and O–H groups in total. The second-order valence-corrected chi connectivity index (χ2v) is 4.20. The minimum Gasteiger partial charge on any atom is -0.303 e. The van der Waals surface area contributed by atoms with Crippen LogP contribution in [-0.2, 0) is 0 Å². The van der Waals surface area contributed by atoms with E-state index in [1.807, 2.05) is 18.5 Å². The number of rotatable bonds is 3. The van der Waals surface area contributed by atoms with E-state index in [4.69, 9.17) is 0 Å². The highest BCUT2D eigenvalue weighted by Gasteiger charge is 2.18. The fraction of sp³-hybridized carbons (Fsp3) is 0.462. The molecule has 2 nitrogen and oxygen atoms in total. The van der Waals surface area contributed by atoms with Crippen LogP contribution in [0.2, 0.25) is 0 Å². The Bertz CT molecular complexity index is 319.